The molecule has 0 fully saturated rings. The molecule has 1 aromatic heterocycles. The summed E-state index contributed by atoms with van der Waals surface area (Å²) in [5.74, 6) is 0.531. The van der Waals surface area contributed by atoms with Crippen LogP contribution in [0, 0.1) is 5.82 Å². The third kappa shape index (κ3) is 2.19. The maximum Gasteiger partial charge on any atom is 0.124 e. The van der Waals surface area contributed by atoms with Crippen molar-refractivity contribution in [3.8, 4) is 5.69 Å². The third-order valence-corrected chi connectivity index (χ3v) is 2.74. The summed E-state index contributed by atoms with van der Waals surface area (Å²) >= 11 is 4.94. The van der Waals surface area contributed by atoms with E-state index < -0.39 is 0 Å². The molecule has 0 bridgehead atoms. The SMILES string of the molecule is CCc1nccn1-c1ccc(F)cc1C(N)=S. The zero-order chi connectivity index (χ0) is 12.4. The van der Waals surface area contributed by atoms with E-state index in [-0.39, 0.29) is 10.8 Å². The predicted octanol–water partition coefficient (Wildman–Crippen LogP) is 2.21. The normalized spacial score (nSPS) is 10.5. The van der Waals surface area contributed by atoms with E-state index in [1.54, 1.807) is 12.3 Å². The summed E-state index contributed by atoms with van der Waals surface area (Å²) < 4.78 is 15.1. The molecule has 88 valence electrons. The van der Waals surface area contributed by atoms with Crippen LogP contribution in [0.3, 0.4) is 0 Å². The van der Waals surface area contributed by atoms with E-state index in [0.29, 0.717) is 5.56 Å². The second-order valence-corrected chi connectivity index (χ2v) is 4.03. The van der Waals surface area contributed by atoms with Crippen LogP contribution in [0.1, 0.15) is 18.3 Å². The van der Waals surface area contributed by atoms with Crippen molar-refractivity contribution in [3.05, 3.63) is 47.8 Å². The van der Waals surface area contributed by atoms with E-state index >= 15 is 0 Å². The van der Waals surface area contributed by atoms with Gasteiger partial charge in [-0.3, -0.25) is 0 Å². The van der Waals surface area contributed by atoms with Crippen LogP contribution in [-0.4, -0.2) is 14.5 Å². The Morgan fingerprint density at radius 2 is 2.29 bits per heavy atom. The monoisotopic (exact) mass is 249 g/mol. The van der Waals surface area contributed by atoms with Gasteiger partial charge in [-0.05, 0) is 18.2 Å². The lowest BCUT2D eigenvalue weighted by atomic mass is 10.1. The zero-order valence-corrected chi connectivity index (χ0v) is 10.2. The lowest BCUT2D eigenvalue weighted by Gasteiger charge is -2.11. The summed E-state index contributed by atoms with van der Waals surface area (Å²) in [4.78, 5) is 4.40. The number of thiocarbonyl (C=S) groups is 1. The Morgan fingerprint density at radius 3 is 2.94 bits per heavy atom. The molecule has 0 aliphatic carbocycles. The highest BCUT2D eigenvalue weighted by molar-refractivity contribution is 7.80. The first-order chi connectivity index (χ1) is 8.13. The average Bonchev–Trinajstić information content (AvgIpc) is 2.76. The van der Waals surface area contributed by atoms with E-state index in [1.807, 2.05) is 17.7 Å². The lowest BCUT2D eigenvalue weighted by Crippen LogP contribution is -2.14. The second kappa shape index (κ2) is 4.63. The molecule has 0 unspecified atom stereocenters. The van der Waals surface area contributed by atoms with Crippen molar-refractivity contribution in [3.63, 3.8) is 0 Å². The minimum atomic E-state index is -0.352. The first-order valence-electron chi connectivity index (χ1n) is 5.25. The van der Waals surface area contributed by atoms with Gasteiger partial charge in [0, 0.05) is 24.4 Å². The number of hydrogen-bond donors (Lipinski definition) is 1. The van der Waals surface area contributed by atoms with E-state index in [1.165, 1.54) is 12.1 Å². The maximum absolute atomic E-state index is 13.2. The van der Waals surface area contributed by atoms with Crippen LogP contribution in [0.2, 0.25) is 0 Å². The Kier molecular flexibility index (Phi) is 3.19. The summed E-state index contributed by atoms with van der Waals surface area (Å²) in [6.45, 7) is 2.00. The molecule has 2 rings (SSSR count). The van der Waals surface area contributed by atoms with Gasteiger partial charge in [0.2, 0.25) is 0 Å². The molecule has 0 atom stereocenters. The number of rotatable bonds is 3. The molecule has 0 saturated heterocycles. The number of nitrogens with two attached hydrogens (primary N) is 1. The van der Waals surface area contributed by atoms with Gasteiger partial charge in [0.15, 0.2) is 0 Å². The van der Waals surface area contributed by atoms with Crippen LogP contribution < -0.4 is 5.73 Å². The van der Waals surface area contributed by atoms with Crippen molar-refractivity contribution in [2.24, 2.45) is 5.73 Å². The molecule has 2 aromatic rings. The summed E-state index contributed by atoms with van der Waals surface area (Å²) in [6.07, 6.45) is 4.29. The molecule has 17 heavy (non-hydrogen) atoms. The van der Waals surface area contributed by atoms with Crippen molar-refractivity contribution in [2.45, 2.75) is 13.3 Å². The Morgan fingerprint density at radius 1 is 1.53 bits per heavy atom. The maximum atomic E-state index is 13.2. The first-order valence-corrected chi connectivity index (χ1v) is 5.66. The number of aromatic nitrogens is 2. The van der Waals surface area contributed by atoms with E-state index in [4.69, 9.17) is 18.0 Å². The fourth-order valence-electron chi connectivity index (χ4n) is 1.73. The second-order valence-electron chi connectivity index (χ2n) is 3.59. The fourth-order valence-corrected chi connectivity index (χ4v) is 1.89. The number of halogens is 1. The summed E-state index contributed by atoms with van der Waals surface area (Å²) in [5, 5.41) is 0. The van der Waals surface area contributed by atoms with Gasteiger partial charge in [0.1, 0.15) is 16.6 Å². The highest BCUT2D eigenvalue weighted by atomic mass is 32.1. The number of nitrogens with zero attached hydrogens (tertiary/aromatic N) is 2. The number of benzene rings is 1. The van der Waals surface area contributed by atoms with Gasteiger partial charge < -0.3 is 10.3 Å². The molecular weight excluding hydrogens is 237 g/mol. The first kappa shape index (κ1) is 11.7. The minimum absolute atomic E-state index is 0.176. The highest BCUT2D eigenvalue weighted by Gasteiger charge is 2.11. The molecule has 0 aliphatic heterocycles. The molecule has 0 saturated carbocycles. The molecule has 0 radical (unpaired) electrons. The van der Waals surface area contributed by atoms with Gasteiger partial charge in [-0.1, -0.05) is 19.1 Å². The number of hydrogen-bond acceptors (Lipinski definition) is 2. The quantitative estimate of drug-likeness (QED) is 0.848. The summed E-state index contributed by atoms with van der Waals surface area (Å²) in [6, 6.07) is 4.39. The van der Waals surface area contributed by atoms with Crippen LogP contribution in [0.25, 0.3) is 5.69 Å². The van der Waals surface area contributed by atoms with Gasteiger partial charge in [-0.25, -0.2) is 9.37 Å². The van der Waals surface area contributed by atoms with Crippen LogP contribution in [0.15, 0.2) is 30.6 Å². The van der Waals surface area contributed by atoms with Gasteiger partial charge in [0.25, 0.3) is 0 Å². The molecule has 0 amide bonds. The van der Waals surface area contributed by atoms with Crippen molar-refractivity contribution >= 4 is 17.2 Å². The van der Waals surface area contributed by atoms with Crippen molar-refractivity contribution < 1.29 is 4.39 Å². The van der Waals surface area contributed by atoms with Gasteiger partial charge in [-0.15, -0.1) is 0 Å². The summed E-state index contributed by atoms with van der Waals surface area (Å²) in [7, 11) is 0. The summed E-state index contributed by atoms with van der Waals surface area (Å²) in [5.41, 5.74) is 6.89. The van der Waals surface area contributed by atoms with Crippen LogP contribution in [0.5, 0.6) is 0 Å². The van der Waals surface area contributed by atoms with Gasteiger partial charge in [0.05, 0.1) is 5.69 Å². The molecular formula is C12H12FN3S. The van der Waals surface area contributed by atoms with E-state index in [2.05, 4.69) is 4.98 Å². The van der Waals surface area contributed by atoms with Crippen molar-refractivity contribution in [1.82, 2.24) is 9.55 Å². The lowest BCUT2D eigenvalue weighted by molar-refractivity contribution is 0.627. The van der Waals surface area contributed by atoms with Crippen LogP contribution >= 0.6 is 12.2 Å². The number of imidazole rings is 1. The predicted molar refractivity (Wildman–Crippen MR) is 68.8 cm³/mol. The Labute approximate surface area is 104 Å². The van der Waals surface area contributed by atoms with Gasteiger partial charge in [-0.2, -0.15) is 0 Å². The van der Waals surface area contributed by atoms with Crippen LogP contribution in [-0.2, 0) is 6.42 Å². The molecule has 2 N–H and O–H groups in total. The Balaban J connectivity index is 2.63. The fraction of sp³-hybridized carbons (Fsp3) is 0.167. The molecule has 5 heteroatoms. The molecule has 0 spiro atoms. The largest absolute Gasteiger partial charge is 0.389 e. The topological polar surface area (TPSA) is 43.8 Å². The molecule has 1 aromatic carbocycles. The van der Waals surface area contributed by atoms with E-state index in [9.17, 15) is 4.39 Å². The van der Waals surface area contributed by atoms with E-state index in [0.717, 1.165) is 17.9 Å². The zero-order valence-electron chi connectivity index (χ0n) is 9.35. The average molecular weight is 249 g/mol. The smallest absolute Gasteiger partial charge is 0.124 e. The third-order valence-electron chi connectivity index (χ3n) is 2.52. The highest BCUT2D eigenvalue weighted by Crippen LogP contribution is 2.18. The standard InChI is InChI=1S/C12H12FN3S/c1-2-11-15-5-6-16(11)10-4-3-8(13)7-9(10)12(14)17/h3-7H,2H2,1H3,(H2,14,17). The Hall–Kier alpha value is -1.75. The molecule has 0 aliphatic rings. The Bertz CT molecular complexity index is 563. The number of aryl methyl sites for hydroxylation is 1. The minimum Gasteiger partial charge on any atom is -0.389 e. The van der Waals surface area contributed by atoms with Crippen LogP contribution in [0.4, 0.5) is 4.39 Å². The van der Waals surface area contributed by atoms with Crippen molar-refractivity contribution in [1.29, 1.82) is 0 Å². The molecule has 3 nitrogen and oxygen atoms in total. The van der Waals surface area contributed by atoms with Gasteiger partial charge >= 0.3 is 0 Å². The molecule has 1 heterocycles. The van der Waals surface area contributed by atoms with Crippen molar-refractivity contribution in [2.75, 3.05) is 0 Å².